The van der Waals surface area contributed by atoms with Crippen LogP contribution in [-0.2, 0) is 0 Å². The lowest BCUT2D eigenvalue weighted by atomic mass is 9.86. The second-order valence-electron chi connectivity index (χ2n) is 10.4. The molecule has 8 nitrogen and oxygen atoms in total. The Balaban J connectivity index is 2.25. The molecule has 3 N–H and O–H groups in total. The van der Waals surface area contributed by atoms with Crippen molar-refractivity contribution < 1.29 is 41.4 Å². The van der Waals surface area contributed by atoms with E-state index in [1.807, 2.05) is 0 Å². The maximum Gasteiger partial charge on any atom is 0.409 e. The van der Waals surface area contributed by atoms with Crippen LogP contribution >= 0.6 is 0 Å². The molecule has 0 radical (unpaired) electrons. The van der Waals surface area contributed by atoms with Crippen LogP contribution in [0.5, 0.6) is 0 Å². The van der Waals surface area contributed by atoms with Gasteiger partial charge in [0.05, 0.1) is 12.2 Å². The molecule has 1 aliphatic rings. The van der Waals surface area contributed by atoms with Gasteiger partial charge >= 0.3 is 6.18 Å². The number of alkyl halides is 3. The molecule has 1 aliphatic heterocycles. The van der Waals surface area contributed by atoms with Crippen molar-refractivity contribution in [3.8, 4) is 5.69 Å². The van der Waals surface area contributed by atoms with Crippen LogP contribution in [0.1, 0.15) is 43.6 Å². The predicted molar refractivity (Wildman–Crippen MR) is 130 cm³/mol. The van der Waals surface area contributed by atoms with Crippen molar-refractivity contribution in [1.82, 2.24) is 14.8 Å². The van der Waals surface area contributed by atoms with E-state index >= 15 is 0 Å². The highest BCUT2D eigenvalue weighted by Crippen LogP contribution is 2.34. The predicted octanol–water partition coefficient (Wildman–Crippen LogP) is 3.36. The van der Waals surface area contributed by atoms with Gasteiger partial charge in [0.15, 0.2) is 17.1 Å². The van der Waals surface area contributed by atoms with Gasteiger partial charge in [-0.15, -0.1) is 0 Å². The SMILES string of the molecule is CC(=Nc1c(C)c(=O)c(C(=O)N[C@H](C(C)(C)C)C(F)(F)F)cn1-c1c(F)cc(F)cc1F)N1C[C@@H](O)[C@H](O)C1. The lowest BCUT2D eigenvalue weighted by molar-refractivity contribution is -0.174. The molecule has 2 aromatic rings. The molecule has 1 aromatic carbocycles. The molecule has 1 fully saturated rings. The molecule has 0 aliphatic carbocycles. The minimum absolute atomic E-state index is 0.0504. The fraction of sp³-hybridized carbons (Fsp3) is 0.480. The zero-order valence-corrected chi connectivity index (χ0v) is 21.7. The molecule has 3 atom stereocenters. The first-order chi connectivity index (χ1) is 17.8. The summed E-state index contributed by atoms with van der Waals surface area (Å²) in [6.07, 6.45) is -6.47. The van der Waals surface area contributed by atoms with E-state index in [9.17, 15) is 46.1 Å². The van der Waals surface area contributed by atoms with E-state index < -0.39 is 75.7 Å². The van der Waals surface area contributed by atoms with E-state index in [4.69, 9.17) is 0 Å². The summed E-state index contributed by atoms with van der Waals surface area (Å²) in [6, 6.07) is -1.69. The zero-order chi connectivity index (χ0) is 29.6. The summed E-state index contributed by atoms with van der Waals surface area (Å²) in [7, 11) is 0. The number of aromatic nitrogens is 1. The summed E-state index contributed by atoms with van der Waals surface area (Å²) in [5.41, 5.74) is -4.73. The molecule has 1 amide bonds. The minimum atomic E-state index is -4.89. The second kappa shape index (κ2) is 10.6. The number of halogens is 6. The first-order valence-electron chi connectivity index (χ1n) is 11.8. The number of rotatable bonds is 4. The third kappa shape index (κ3) is 6.27. The summed E-state index contributed by atoms with van der Waals surface area (Å²) in [4.78, 5) is 31.8. The lowest BCUT2D eigenvalue weighted by Crippen LogP contribution is -2.53. The number of benzene rings is 1. The van der Waals surface area contributed by atoms with E-state index in [1.54, 1.807) is 5.32 Å². The molecule has 14 heteroatoms. The van der Waals surface area contributed by atoms with Crippen molar-refractivity contribution in [2.24, 2.45) is 10.4 Å². The number of amides is 1. The van der Waals surface area contributed by atoms with Gasteiger partial charge in [-0.3, -0.25) is 14.2 Å². The Labute approximate surface area is 219 Å². The number of aliphatic imine (C=N–C) groups is 1. The van der Waals surface area contributed by atoms with Crippen LogP contribution < -0.4 is 10.7 Å². The number of aliphatic hydroxyl groups excluding tert-OH is 2. The molecule has 0 saturated carbocycles. The summed E-state index contributed by atoms with van der Waals surface area (Å²) in [5.74, 6) is -5.89. The first kappa shape index (κ1) is 30.2. The third-order valence-corrected chi connectivity index (χ3v) is 6.33. The fourth-order valence-electron chi connectivity index (χ4n) is 4.22. The lowest BCUT2D eigenvalue weighted by Gasteiger charge is -2.33. The summed E-state index contributed by atoms with van der Waals surface area (Å²) in [6.45, 7) is 6.16. The quantitative estimate of drug-likeness (QED) is 0.301. The van der Waals surface area contributed by atoms with Gasteiger partial charge in [0, 0.05) is 37.0 Å². The average Bonchev–Trinajstić information content (AvgIpc) is 3.12. The number of pyridine rings is 1. The monoisotopic (exact) mass is 562 g/mol. The highest BCUT2D eigenvalue weighted by molar-refractivity contribution is 5.95. The molecule has 3 rings (SSSR count). The molecule has 0 bridgehead atoms. The summed E-state index contributed by atoms with van der Waals surface area (Å²) < 4.78 is 85.0. The largest absolute Gasteiger partial charge is 0.409 e. The van der Waals surface area contributed by atoms with E-state index in [0.717, 1.165) is 6.92 Å². The van der Waals surface area contributed by atoms with Crippen molar-refractivity contribution in [3.05, 3.63) is 57.1 Å². The average molecular weight is 563 g/mol. The number of hydrogen-bond donors (Lipinski definition) is 3. The summed E-state index contributed by atoms with van der Waals surface area (Å²) in [5, 5.41) is 21.5. The normalized spacial score (nSPS) is 19.4. The third-order valence-electron chi connectivity index (χ3n) is 6.33. The number of carbonyl (C=O) groups is 1. The zero-order valence-electron chi connectivity index (χ0n) is 21.7. The van der Waals surface area contributed by atoms with Gasteiger partial charge in [0.1, 0.15) is 34.8 Å². The molecule has 1 aromatic heterocycles. The molecule has 0 spiro atoms. The first-order valence-corrected chi connectivity index (χ1v) is 11.8. The molecule has 2 heterocycles. The standard InChI is InChI=1S/C25H28F6N4O4/c1-11-20(38)14(22(39)33-23(24(3,4)5)25(29,30)31)8-35(19-15(27)6-13(26)7-16(19)28)21(11)32-12(2)34-9-17(36)18(37)10-34/h6-8,17-18,23,36-37H,9-10H2,1-5H3,(H,33,39)/t17-,18-,23-/m1/s1. The molecule has 1 saturated heterocycles. The Hall–Kier alpha value is -3.39. The van der Waals surface area contributed by atoms with E-state index in [2.05, 4.69) is 4.99 Å². The molecule has 214 valence electrons. The van der Waals surface area contributed by atoms with Crippen LogP contribution in [0.15, 0.2) is 28.1 Å². The van der Waals surface area contributed by atoms with Crippen molar-refractivity contribution in [3.63, 3.8) is 0 Å². The van der Waals surface area contributed by atoms with Crippen LogP contribution in [0.25, 0.3) is 5.69 Å². The number of amidine groups is 1. The van der Waals surface area contributed by atoms with Gasteiger partial charge < -0.3 is 20.4 Å². The van der Waals surface area contributed by atoms with Gasteiger partial charge in [-0.1, -0.05) is 20.8 Å². The highest BCUT2D eigenvalue weighted by atomic mass is 19.4. The van der Waals surface area contributed by atoms with Crippen molar-refractivity contribution in [2.75, 3.05) is 13.1 Å². The van der Waals surface area contributed by atoms with Crippen molar-refractivity contribution in [2.45, 2.75) is 59.0 Å². The molecular formula is C25H28F6N4O4. The highest BCUT2D eigenvalue weighted by Gasteiger charge is 2.48. The van der Waals surface area contributed by atoms with Gasteiger partial charge in [-0.05, 0) is 19.3 Å². The molecular weight excluding hydrogens is 534 g/mol. The number of β-amino-alcohol motifs (C(OH)–C–C–N with tert-alkyl or cyclic N) is 2. The fourth-order valence-corrected chi connectivity index (χ4v) is 4.22. The Morgan fingerprint density at radius 2 is 1.59 bits per heavy atom. The van der Waals surface area contributed by atoms with Crippen molar-refractivity contribution in [1.29, 1.82) is 0 Å². The molecule has 39 heavy (non-hydrogen) atoms. The van der Waals surface area contributed by atoms with Gasteiger partial charge in [0.25, 0.3) is 5.91 Å². The Kier molecular flexibility index (Phi) is 8.23. The van der Waals surface area contributed by atoms with Crippen LogP contribution in [-0.4, -0.2) is 68.9 Å². The number of hydrogen-bond acceptors (Lipinski definition) is 5. The topological polar surface area (TPSA) is 107 Å². The minimum Gasteiger partial charge on any atom is -0.389 e. The summed E-state index contributed by atoms with van der Waals surface area (Å²) >= 11 is 0. The number of carbonyl (C=O) groups excluding carboxylic acids is 1. The van der Waals surface area contributed by atoms with Gasteiger partial charge in [-0.25, -0.2) is 18.2 Å². The maximum atomic E-state index is 14.9. The number of nitrogens with one attached hydrogen (secondary N) is 1. The van der Waals surface area contributed by atoms with Crippen LogP contribution in [0.2, 0.25) is 0 Å². The van der Waals surface area contributed by atoms with E-state index in [0.29, 0.717) is 22.9 Å². The Bertz CT molecular complexity index is 1320. The number of nitrogens with zero attached hydrogens (tertiary/aromatic N) is 3. The number of likely N-dealkylation sites (tertiary alicyclic amines) is 1. The van der Waals surface area contributed by atoms with Gasteiger partial charge in [-0.2, -0.15) is 13.2 Å². The van der Waals surface area contributed by atoms with E-state index in [-0.39, 0.29) is 24.5 Å². The van der Waals surface area contributed by atoms with Crippen molar-refractivity contribution >= 4 is 17.6 Å². The van der Waals surface area contributed by atoms with E-state index in [1.165, 1.54) is 32.6 Å². The maximum absolute atomic E-state index is 14.9. The Morgan fingerprint density at radius 3 is 2.05 bits per heavy atom. The smallest absolute Gasteiger partial charge is 0.389 e. The van der Waals surface area contributed by atoms with Crippen LogP contribution in [0.4, 0.5) is 32.2 Å². The molecule has 0 unspecified atom stereocenters. The van der Waals surface area contributed by atoms with Gasteiger partial charge in [0.2, 0.25) is 0 Å². The Morgan fingerprint density at radius 1 is 1.08 bits per heavy atom. The van der Waals surface area contributed by atoms with Crippen LogP contribution in [0.3, 0.4) is 0 Å². The second-order valence-corrected chi connectivity index (χ2v) is 10.4. The number of aliphatic hydroxyl groups is 2. The van der Waals surface area contributed by atoms with Crippen LogP contribution in [0, 0.1) is 29.8 Å².